The molecule has 0 N–H and O–H groups in total. The number of rotatable bonds is 5. The Labute approximate surface area is 142 Å². The zero-order chi connectivity index (χ0) is 16.2. The minimum atomic E-state index is -1.34. The molecule has 1 heteroatoms. The second kappa shape index (κ2) is 7.14. The van der Waals surface area contributed by atoms with E-state index in [0.717, 1.165) is 0 Å². The van der Waals surface area contributed by atoms with Gasteiger partial charge < -0.3 is 0 Å². The van der Waals surface area contributed by atoms with Crippen molar-refractivity contribution in [2.45, 2.75) is 33.6 Å². The van der Waals surface area contributed by atoms with Crippen molar-refractivity contribution in [1.82, 2.24) is 0 Å². The molecule has 0 saturated heterocycles. The quantitative estimate of drug-likeness (QED) is 0.723. The Bertz CT molecular complexity index is 671. The summed E-state index contributed by atoms with van der Waals surface area (Å²) in [4.78, 5) is 0. The Balaban J connectivity index is 2.13. The van der Waals surface area contributed by atoms with Crippen LogP contribution in [-0.4, -0.2) is 8.80 Å². The Hall–Kier alpha value is -1.86. The third kappa shape index (κ3) is 3.40. The molecule has 118 valence electrons. The van der Waals surface area contributed by atoms with Gasteiger partial charge in [0.15, 0.2) is 0 Å². The maximum Gasteiger partial charge on any atom is 0.129 e. The summed E-state index contributed by atoms with van der Waals surface area (Å²) in [5, 5.41) is 4.81. The fourth-order valence-corrected chi connectivity index (χ4v) is 7.28. The Morgan fingerprint density at radius 2 is 1.43 bits per heavy atom. The lowest BCUT2D eigenvalue weighted by Gasteiger charge is -2.22. The molecule has 0 nitrogen and oxygen atoms in total. The molecule has 23 heavy (non-hydrogen) atoms. The molecule has 0 aromatic heterocycles. The third-order valence-corrected chi connectivity index (χ3v) is 8.34. The molecule has 0 saturated carbocycles. The van der Waals surface area contributed by atoms with Crippen molar-refractivity contribution in [2.75, 3.05) is 0 Å². The minimum Gasteiger partial charge on any atom is -0.0694 e. The Kier molecular flexibility index (Phi) is 4.97. The molecule has 1 unspecified atom stereocenters. The highest BCUT2D eigenvalue weighted by atomic mass is 28.3. The molecule has 0 bridgehead atoms. The topological polar surface area (TPSA) is 0 Å². The maximum absolute atomic E-state index is 2.47. The lowest BCUT2D eigenvalue weighted by Crippen LogP contribution is -2.44. The molecule has 0 fully saturated rings. The van der Waals surface area contributed by atoms with Crippen molar-refractivity contribution in [2.24, 2.45) is 5.92 Å². The van der Waals surface area contributed by atoms with Gasteiger partial charge in [0.05, 0.1) is 0 Å². The molecule has 0 spiro atoms. The molecule has 1 aliphatic carbocycles. The van der Waals surface area contributed by atoms with Crippen LogP contribution in [0.5, 0.6) is 0 Å². The second-order valence-electron chi connectivity index (χ2n) is 6.71. The summed E-state index contributed by atoms with van der Waals surface area (Å²) < 4.78 is 0. The van der Waals surface area contributed by atoms with E-state index in [4.69, 9.17) is 0 Å². The van der Waals surface area contributed by atoms with Crippen LogP contribution in [0.25, 0.3) is 0 Å². The second-order valence-corrected chi connectivity index (χ2v) is 9.61. The first kappa shape index (κ1) is 16.0. The molecule has 1 atom stereocenters. The predicted molar refractivity (Wildman–Crippen MR) is 104 cm³/mol. The largest absolute Gasteiger partial charge is 0.129 e. The standard InChI is InChI=1S/C22H26Si/c1-4-18(3)21-15-17(2)16-22(21)23(19-11-7-5-8-12-19)20-13-9-6-10-14-20/h5-15,18,23H,4,16H2,1-3H3. The van der Waals surface area contributed by atoms with E-state index in [9.17, 15) is 0 Å². The molecule has 2 aromatic carbocycles. The lowest BCUT2D eigenvalue weighted by molar-refractivity contribution is 0.669. The van der Waals surface area contributed by atoms with E-state index < -0.39 is 8.80 Å². The van der Waals surface area contributed by atoms with Crippen LogP contribution in [0.15, 0.2) is 83.1 Å². The van der Waals surface area contributed by atoms with E-state index >= 15 is 0 Å². The minimum absolute atomic E-state index is 0.657. The normalized spacial score (nSPS) is 15.9. The first-order valence-electron chi connectivity index (χ1n) is 8.70. The molecule has 3 rings (SSSR count). The molecular weight excluding hydrogens is 292 g/mol. The summed E-state index contributed by atoms with van der Waals surface area (Å²) in [5.41, 5.74) is 3.15. The van der Waals surface area contributed by atoms with Gasteiger partial charge in [-0.3, -0.25) is 0 Å². The molecule has 0 amide bonds. The van der Waals surface area contributed by atoms with E-state index in [1.54, 1.807) is 10.8 Å². The van der Waals surface area contributed by atoms with Gasteiger partial charge in [0.2, 0.25) is 0 Å². The van der Waals surface area contributed by atoms with Gasteiger partial charge in [-0.05, 0) is 31.3 Å². The average Bonchev–Trinajstić information content (AvgIpc) is 2.98. The van der Waals surface area contributed by atoms with Gasteiger partial charge in [0.25, 0.3) is 0 Å². The van der Waals surface area contributed by atoms with E-state index in [1.807, 2.05) is 0 Å². The van der Waals surface area contributed by atoms with Crippen LogP contribution >= 0.6 is 0 Å². The van der Waals surface area contributed by atoms with Crippen LogP contribution in [0.4, 0.5) is 0 Å². The lowest BCUT2D eigenvalue weighted by atomic mass is 10.00. The summed E-state index contributed by atoms with van der Waals surface area (Å²) in [7, 11) is -1.34. The van der Waals surface area contributed by atoms with Crippen LogP contribution < -0.4 is 10.4 Å². The molecular formula is C22H26Si. The van der Waals surface area contributed by atoms with Crippen molar-refractivity contribution >= 4 is 19.2 Å². The number of benzene rings is 2. The highest BCUT2D eigenvalue weighted by Gasteiger charge is 2.27. The Morgan fingerprint density at radius 3 is 1.91 bits per heavy atom. The van der Waals surface area contributed by atoms with Crippen molar-refractivity contribution < 1.29 is 0 Å². The molecule has 0 heterocycles. The Morgan fingerprint density at radius 1 is 0.913 bits per heavy atom. The first-order valence-corrected chi connectivity index (χ1v) is 10.4. The number of allylic oxidation sites excluding steroid dienone is 4. The van der Waals surface area contributed by atoms with Gasteiger partial charge in [-0.25, -0.2) is 0 Å². The molecule has 0 aliphatic heterocycles. The van der Waals surface area contributed by atoms with E-state index in [2.05, 4.69) is 87.5 Å². The molecule has 1 aliphatic rings. The number of hydrogen-bond acceptors (Lipinski definition) is 0. The zero-order valence-electron chi connectivity index (χ0n) is 14.4. The smallest absolute Gasteiger partial charge is 0.0694 e. The summed E-state index contributed by atoms with van der Waals surface area (Å²) in [5.74, 6) is 0.657. The van der Waals surface area contributed by atoms with E-state index in [-0.39, 0.29) is 0 Å². The summed E-state index contributed by atoms with van der Waals surface area (Å²) >= 11 is 0. The average molecular weight is 319 g/mol. The highest BCUT2D eigenvalue weighted by molar-refractivity contribution is 6.91. The molecule has 2 aromatic rings. The maximum atomic E-state index is 2.47. The van der Waals surface area contributed by atoms with Crippen molar-refractivity contribution in [3.8, 4) is 0 Å². The predicted octanol–water partition coefficient (Wildman–Crippen LogP) is 4.26. The van der Waals surface area contributed by atoms with Gasteiger partial charge in [-0.15, -0.1) is 0 Å². The van der Waals surface area contributed by atoms with Crippen molar-refractivity contribution in [3.63, 3.8) is 0 Å². The van der Waals surface area contributed by atoms with Gasteiger partial charge in [-0.1, -0.05) is 102 Å². The van der Waals surface area contributed by atoms with E-state index in [1.165, 1.54) is 28.8 Å². The number of hydrogen-bond donors (Lipinski definition) is 0. The van der Waals surface area contributed by atoms with E-state index in [0.29, 0.717) is 5.92 Å². The fraction of sp³-hybridized carbons (Fsp3) is 0.273. The first-order chi connectivity index (χ1) is 11.2. The summed E-state index contributed by atoms with van der Waals surface area (Å²) in [6.45, 7) is 6.97. The van der Waals surface area contributed by atoms with Crippen LogP contribution in [-0.2, 0) is 0 Å². The van der Waals surface area contributed by atoms with Gasteiger partial charge in [-0.2, -0.15) is 0 Å². The van der Waals surface area contributed by atoms with Crippen LogP contribution in [0, 0.1) is 5.92 Å². The zero-order valence-corrected chi connectivity index (χ0v) is 15.6. The van der Waals surface area contributed by atoms with Crippen molar-refractivity contribution in [3.05, 3.63) is 83.1 Å². The highest BCUT2D eigenvalue weighted by Crippen LogP contribution is 2.33. The van der Waals surface area contributed by atoms with Gasteiger partial charge >= 0.3 is 0 Å². The summed E-state index contributed by atoms with van der Waals surface area (Å²) in [6.07, 6.45) is 4.85. The fourth-order valence-electron chi connectivity index (χ4n) is 3.64. The van der Waals surface area contributed by atoms with Crippen molar-refractivity contribution in [1.29, 1.82) is 0 Å². The third-order valence-electron chi connectivity index (χ3n) is 5.00. The van der Waals surface area contributed by atoms with Crippen LogP contribution in [0.3, 0.4) is 0 Å². The van der Waals surface area contributed by atoms with Crippen LogP contribution in [0.2, 0.25) is 0 Å². The van der Waals surface area contributed by atoms with Crippen LogP contribution in [0.1, 0.15) is 33.6 Å². The molecule has 0 radical (unpaired) electrons. The van der Waals surface area contributed by atoms with Gasteiger partial charge in [0.1, 0.15) is 8.80 Å². The monoisotopic (exact) mass is 318 g/mol. The SMILES string of the molecule is CCC(C)C1=C([SiH](c2ccccc2)c2ccccc2)CC(C)=C1. The van der Waals surface area contributed by atoms with Gasteiger partial charge in [0, 0.05) is 0 Å². The summed E-state index contributed by atoms with van der Waals surface area (Å²) in [6, 6.07) is 22.3.